The van der Waals surface area contributed by atoms with E-state index in [4.69, 9.17) is 4.52 Å². The van der Waals surface area contributed by atoms with E-state index in [1.807, 2.05) is 7.05 Å². The van der Waals surface area contributed by atoms with Gasteiger partial charge < -0.3 is 9.63 Å². The van der Waals surface area contributed by atoms with Crippen molar-refractivity contribution in [2.24, 2.45) is 5.92 Å². The number of aliphatic hydroxyl groups is 1. The Bertz CT molecular complexity index is 397. The van der Waals surface area contributed by atoms with E-state index in [9.17, 15) is 5.11 Å². The molecule has 0 spiro atoms. The van der Waals surface area contributed by atoms with Crippen molar-refractivity contribution in [1.29, 1.82) is 0 Å². The molecule has 19 heavy (non-hydrogen) atoms. The highest BCUT2D eigenvalue weighted by Crippen LogP contribution is 2.30. The maximum absolute atomic E-state index is 10.4. The first-order chi connectivity index (χ1) is 8.97. The largest absolute Gasteiger partial charge is 0.389 e. The van der Waals surface area contributed by atoms with Crippen molar-refractivity contribution in [3.8, 4) is 0 Å². The van der Waals surface area contributed by atoms with E-state index < -0.39 is 5.60 Å². The highest BCUT2D eigenvalue weighted by molar-refractivity contribution is 4.90. The van der Waals surface area contributed by atoms with E-state index in [1.54, 1.807) is 0 Å². The fourth-order valence-electron chi connectivity index (χ4n) is 2.78. The standard InChI is InChI=1S/C14H25N3O2/c1-11(2)8-12-15-13(19-16-12)9-17(3)10-14(18)6-4-5-7-14/h11,18H,4-10H2,1-3H3. The van der Waals surface area contributed by atoms with Crippen LogP contribution < -0.4 is 0 Å². The molecule has 0 aliphatic heterocycles. The zero-order valence-corrected chi connectivity index (χ0v) is 12.2. The summed E-state index contributed by atoms with van der Waals surface area (Å²) in [7, 11) is 1.99. The lowest BCUT2D eigenvalue weighted by Gasteiger charge is -2.27. The van der Waals surface area contributed by atoms with Crippen molar-refractivity contribution in [2.45, 2.75) is 58.1 Å². The maximum Gasteiger partial charge on any atom is 0.240 e. The van der Waals surface area contributed by atoms with Crippen LogP contribution in [0.5, 0.6) is 0 Å². The molecule has 5 nitrogen and oxygen atoms in total. The number of likely N-dealkylation sites (N-methyl/N-ethyl adjacent to an activating group) is 1. The quantitative estimate of drug-likeness (QED) is 0.854. The first kappa shape index (κ1) is 14.5. The molecule has 1 saturated carbocycles. The van der Waals surface area contributed by atoms with Gasteiger partial charge in [0.05, 0.1) is 12.1 Å². The van der Waals surface area contributed by atoms with Gasteiger partial charge in [-0.3, -0.25) is 4.90 Å². The van der Waals surface area contributed by atoms with Crippen molar-refractivity contribution < 1.29 is 9.63 Å². The Hall–Kier alpha value is -0.940. The first-order valence-electron chi connectivity index (χ1n) is 7.19. The monoisotopic (exact) mass is 267 g/mol. The van der Waals surface area contributed by atoms with Crippen LogP contribution in [0.1, 0.15) is 51.2 Å². The molecule has 1 aromatic heterocycles. The molecule has 1 aliphatic rings. The van der Waals surface area contributed by atoms with Crippen LogP contribution in [0.3, 0.4) is 0 Å². The molecule has 1 heterocycles. The zero-order chi connectivity index (χ0) is 13.9. The topological polar surface area (TPSA) is 62.4 Å². The average Bonchev–Trinajstić information content (AvgIpc) is 2.87. The maximum atomic E-state index is 10.4. The molecule has 1 N–H and O–H groups in total. The summed E-state index contributed by atoms with van der Waals surface area (Å²) < 4.78 is 5.25. The Morgan fingerprint density at radius 1 is 1.37 bits per heavy atom. The van der Waals surface area contributed by atoms with E-state index in [0.29, 0.717) is 24.9 Å². The summed E-state index contributed by atoms with van der Waals surface area (Å²) in [4.78, 5) is 6.45. The summed E-state index contributed by atoms with van der Waals surface area (Å²) in [5, 5.41) is 14.3. The molecule has 1 aromatic rings. The second kappa shape index (κ2) is 6.01. The number of rotatable bonds is 6. The molecule has 1 aliphatic carbocycles. The summed E-state index contributed by atoms with van der Waals surface area (Å²) >= 11 is 0. The predicted octanol–water partition coefficient (Wildman–Crippen LogP) is 2.00. The second-order valence-corrected chi connectivity index (χ2v) is 6.31. The van der Waals surface area contributed by atoms with Gasteiger partial charge in [-0.25, -0.2) is 0 Å². The molecular weight excluding hydrogens is 242 g/mol. The smallest absolute Gasteiger partial charge is 0.240 e. The Morgan fingerprint density at radius 3 is 2.68 bits per heavy atom. The van der Waals surface area contributed by atoms with Gasteiger partial charge in [-0.15, -0.1) is 0 Å². The molecular formula is C14H25N3O2. The minimum Gasteiger partial charge on any atom is -0.389 e. The lowest BCUT2D eigenvalue weighted by molar-refractivity contribution is 0.0124. The molecule has 0 aromatic carbocycles. The highest BCUT2D eigenvalue weighted by atomic mass is 16.5. The number of nitrogens with zero attached hydrogens (tertiary/aromatic N) is 3. The van der Waals surface area contributed by atoms with Crippen LogP contribution in [0.15, 0.2) is 4.52 Å². The summed E-state index contributed by atoms with van der Waals surface area (Å²) in [5.74, 6) is 1.94. The van der Waals surface area contributed by atoms with Crippen molar-refractivity contribution in [3.63, 3.8) is 0 Å². The van der Waals surface area contributed by atoms with Gasteiger partial charge in [-0.1, -0.05) is 31.8 Å². The number of aromatic nitrogens is 2. The van der Waals surface area contributed by atoms with Gasteiger partial charge >= 0.3 is 0 Å². The Labute approximate surface area is 115 Å². The van der Waals surface area contributed by atoms with Crippen LogP contribution >= 0.6 is 0 Å². The Morgan fingerprint density at radius 2 is 2.05 bits per heavy atom. The minimum absolute atomic E-state index is 0.518. The van der Waals surface area contributed by atoms with Crippen molar-refractivity contribution in [1.82, 2.24) is 15.0 Å². The van der Waals surface area contributed by atoms with Gasteiger partial charge in [-0.2, -0.15) is 4.98 Å². The van der Waals surface area contributed by atoms with Crippen molar-refractivity contribution in [3.05, 3.63) is 11.7 Å². The molecule has 0 atom stereocenters. The molecule has 1 fully saturated rings. The van der Waals surface area contributed by atoms with Crippen LogP contribution in [0, 0.1) is 5.92 Å². The molecule has 5 heteroatoms. The van der Waals surface area contributed by atoms with Crippen molar-refractivity contribution in [2.75, 3.05) is 13.6 Å². The van der Waals surface area contributed by atoms with Gasteiger partial charge in [0.1, 0.15) is 0 Å². The summed E-state index contributed by atoms with van der Waals surface area (Å²) in [6.45, 7) is 5.55. The highest BCUT2D eigenvalue weighted by Gasteiger charge is 2.32. The van der Waals surface area contributed by atoms with Crippen molar-refractivity contribution >= 4 is 0 Å². The molecule has 0 unspecified atom stereocenters. The van der Waals surface area contributed by atoms with Gasteiger partial charge in [0.15, 0.2) is 5.82 Å². The van der Waals surface area contributed by atoms with E-state index in [-0.39, 0.29) is 0 Å². The molecule has 0 radical (unpaired) electrons. The molecule has 2 rings (SSSR count). The van der Waals surface area contributed by atoms with Crippen LogP contribution in [0.2, 0.25) is 0 Å². The van der Waals surface area contributed by atoms with E-state index in [2.05, 4.69) is 28.9 Å². The lowest BCUT2D eigenvalue weighted by atomic mass is 10.0. The van der Waals surface area contributed by atoms with E-state index in [1.165, 1.54) is 0 Å². The Kier molecular flexibility index (Phi) is 4.58. The SMILES string of the molecule is CC(C)Cc1noc(CN(C)CC2(O)CCCC2)n1. The Balaban J connectivity index is 1.84. The van der Waals surface area contributed by atoms with Gasteiger partial charge in [0.25, 0.3) is 0 Å². The predicted molar refractivity (Wildman–Crippen MR) is 72.6 cm³/mol. The summed E-state index contributed by atoms with van der Waals surface area (Å²) in [6, 6.07) is 0. The van der Waals surface area contributed by atoms with Gasteiger partial charge in [-0.05, 0) is 25.8 Å². The van der Waals surface area contributed by atoms with Gasteiger partial charge in [0, 0.05) is 13.0 Å². The fourth-order valence-corrected chi connectivity index (χ4v) is 2.78. The third kappa shape index (κ3) is 4.28. The van der Waals surface area contributed by atoms with Crippen LogP contribution in [-0.4, -0.2) is 39.3 Å². The van der Waals surface area contributed by atoms with E-state index >= 15 is 0 Å². The summed E-state index contributed by atoms with van der Waals surface area (Å²) in [6.07, 6.45) is 4.91. The molecule has 0 amide bonds. The fraction of sp³-hybridized carbons (Fsp3) is 0.857. The number of hydrogen-bond donors (Lipinski definition) is 1. The third-order valence-corrected chi connectivity index (χ3v) is 3.60. The first-order valence-corrected chi connectivity index (χ1v) is 7.19. The van der Waals surface area contributed by atoms with Crippen LogP contribution in [0.4, 0.5) is 0 Å². The molecule has 108 valence electrons. The van der Waals surface area contributed by atoms with Crippen LogP contribution in [-0.2, 0) is 13.0 Å². The van der Waals surface area contributed by atoms with Gasteiger partial charge in [0.2, 0.25) is 5.89 Å². The van der Waals surface area contributed by atoms with Crippen LogP contribution in [0.25, 0.3) is 0 Å². The van der Waals surface area contributed by atoms with E-state index in [0.717, 1.165) is 37.9 Å². The third-order valence-electron chi connectivity index (χ3n) is 3.60. The summed E-state index contributed by atoms with van der Waals surface area (Å²) in [5.41, 5.74) is -0.518. The molecule has 0 bridgehead atoms. The number of hydrogen-bond acceptors (Lipinski definition) is 5. The minimum atomic E-state index is -0.518. The zero-order valence-electron chi connectivity index (χ0n) is 12.2. The second-order valence-electron chi connectivity index (χ2n) is 6.31. The average molecular weight is 267 g/mol. The lowest BCUT2D eigenvalue weighted by Crippen LogP contribution is -2.38. The molecule has 0 saturated heterocycles. The normalized spacial score (nSPS) is 18.6.